The van der Waals surface area contributed by atoms with Gasteiger partial charge in [-0.15, -0.1) is 0 Å². The first-order valence-corrected chi connectivity index (χ1v) is 5.57. The molecule has 0 saturated carbocycles. The third kappa shape index (κ3) is 2.63. The van der Waals surface area contributed by atoms with Crippen LogP contribution >= 0.6 is 0 Å². The highest BCUT2D eigenvalue weighted by molar-refractivity contribution is 5.95. The number of nitrogens with zero attached hydrogens (tertiary/aromatic N) is 2. The fourth-order valence-electron chi connectivity index (χ4n) is 1.64. The van der Waals surface area contributed by atoms with E-state index < -0.39 is 5.91 Å². The van der Waals surface area contributed by atoms with Crippen molar-refractivity contribution in [3.8, 4) is 0 Å². The Morgan fingerprint density at radius 3 is 2.72 bits per heavy atom. The van der Waals surface area contributed by atoms with Crippen LogP contribution < -0.4 is 11.1 Å². The van der Waals surface area contributed by atoms with E-state index in [1.807, 2.05) is 31.2 Å². The summed E-state index contributed by atoms with van der Waals surface area (Å²) in [5, 5.41) is 3.08. The molecule has 0 spiro atoms. The Balaban J connectivity index is 2.16. The molecule has 1 heterocycles. The molecule has 2 rings (SSSR count). The van der Waals surface area contributed by atoms with Crippen LogP contribution in [-0.4, -0.2) is 15.9 Å². The van der Waals surface area contributed by atoms with Crippen LogP contribution in [0.2, 0.25) is 0 Å². The van der Waals surface area contributed by atoms with Crippen LogP contribution in [0.1, 0.15) is 21.6 Å². The Kier molecular flexibility index (Phi) is 3.52. The van der Waals surface area contributed by atoms with Gasteiger partial charge < -0.3 is 11.1 Å². The van der Waals surface area contributed by atoms with Gasteiger partial charge in [0.15, 0.2) is 11.5 Å². The minimum Gasteiger partial charge on any atom is -0.364 e. The molecule has 5 heteroatoms. The Labute approximate surface area is 105 Å². The number of carbonyl (C=O) groups is 1. The largest absolute Gasteiger partial charge is 0.364 e. The predicted molar refractivity (Wildman–Crippen MR) is 69.1 cm³/mol. The molecule has 0 unspecified atom stereocenters. The summed E-state index contributed by atoms with van der Waals surface area (Å²) in [7, 11) is 0. The van der Waals surface area contributed by atoms with E-state index in [2.05, 4.69) is 15.3 Å². The van der Waals surface area contributed by atoms with Crippen molar-refractivity contribution in [3.63, 3.8) is 0 Å². The molecule has 92 valence electrons. The van der Waals surface area contributed by atoms with Crippen molar-refractivity contribution in [1.82, 2.24) is 9.97 Å². The highest BCUT2D eigenvalue weighted by atomic mass is 16.1. The molecule has 0 atom stereocenters. The molecular weight excluding hydrogens is 228 g/mol. The summed E-state index contributed by atoms with van der Waals surface area (Å²) < 4.78 is 0. The van der Waals surface area contributed by atoms with Gasteiger partial charge in [0.1, 0.15) is 0 Å². The second kappa shape index (κ2) is 5.27. The summed E-state index contributed by atoms with van der Waals surface area (Å²) in [6, 6.07) is 8.00. The second-order valence-electron chi connectivity index (χ2n) is 3.90. The van der Waals surface area contributed by atoms with Crippen LogP contribution in [0.5, 0.6) is 0 Å². The molecule has 18 heavy (non-hydrogen) atoms. The lowest BCUT2D eigenvalue weighted by Crippen LogP contribution is -2.17. The minimum absolute atomic E-state index is 0.158. The normalized spacial score (nSPS) is 10.1. The third-order valence-electron chi connectivity index (χ3n) is 2.64. The summed E-state index contributed by atoms with van der Waals surface area (Å²) in [5.41, 5.74) is 7.70. The van der Waals surface area contributed by atoms with E-state index in [1.54, 1.807) is 0 Å². The van der Waals surface area contributed by atoms with Crippen LogP contribution in [-0.2, 0) is 6.54 Å². The topological polar surface area (TPSA) is 80.9 Å². The number of nitrogens with one attached hydrogen (secondary N) is 1. The highest BCUT2D eigenvalue weighted by Gasteiger charge is 2.10. The SMILES string of the molecule is Cc1ccccc1CNc1nccnc1C(N)=O. The maximum atomic E-state index is 11.2. The van der Waals surface area contributed by atoms with E-state index in [1.165, 1.54) is 18.0 Å². The maximum Gasteiger partial charge on any atom is 0.271 e. The molecule has 2 aromatic rings. The zero-order chi connectivity index (χ0) is 13.0. The van der Waals surface area contributed by atoms with Gasteiger partial charge in [-0.05, 0) is 18.1 Å². The van der Waals surface area contributed by atoms with Gasteiger partial charge in [-0.1, -0.05) is 24.3 Å². The predicted octanol–water partition coefficient (Wildman–Crippen LogP) is 1.50. The van der Waals surface area contributed by atoms with Gasteiger partial charge in [-0.2, -0.15) is 0 Å². The van der Waals surface area contributed by atoms with Gasteiger partial charge in [0, 0.05) is 18.9 Å². The number of rotatable bonds is 4. The van der Waals surface area contributed by atoms with Crippen molar-refractivity contribution >= 4 is 11.7 Å². The fourth-order valence-corrected chi connectivity index (χ4v) is 1.64. The van der Waals surface area contributed by atoms with Crippen LogP contribution in [0.3, 0.4) is 0 Å². The first kappa shape index (κ1) is 12.0. The van der Waals surface area contributed by atoms with Crippen molar-refractivity contribution in [2.45, 2.75) is 13.5 Å². The molecule has 1 aromatic heterocycles. The van der Waals surface area contributed by atoms with Crippen LogP contribution in [0, 0.1) is 6.92 Å². The molecule has 0 saturated heterocycles. The standard InChI is InChI=1S/C13H14N4O/c1-9-4-2-3-5-10(9)8-17-13-11(12(14)18)15-6-7-16-13/h2-7H,8H2,1H3,(H2,14,18)(H,16,17). The van der Waals surface area contributed by atoms with Gasteiger partial charge in [0.25, 0.3) is 5.91 Å². The number of aryl methyl sites for hydroxylation is 1. The monoisotopic (exact) mass is 242 g/mol. The van der Waals surface area contributed by atoms with Crippen molar-refractivity contribution in [1.29, 1.82) is 0 Å². The van der Waals surface area contributed by atoms with Crippen molar-refractivity contribution in [2.75, 3.05) is 5.32 Å². The van der Waals surface area contributed by atoms with Gasteiger partial charge in [-0.3, -0.25) is 4.79 Å². The average molecular weight is 242 g/mol. The van der Waals surface area contributed by atoms with Gasteiger partial charge in [0.2, 0.25) is 0 Å². The maximum absolute atomic E-state index is 11.2. The van der Waals surface area contributed by atoms with Crippen molar-refractivity contribution in [3.05, 3.63) is 53.5 Å². The number of hydrogen-bond acceptors (Lipinski definition) is 4. The number of hydrogen-bond donors (Lipinski definition) is 2. The number of carbonyl (C=O) groups excluding carboxylic acids is 1. The number of anilines is 1. The average Bonchev–Trinajstić information content (AvgIpc) is 2.38. The van der Waals surface area contributed by atoms with Crippen molar-refractivity contribution in [2.24, 2.45) is 5.73 Å². The minimum atomic E-state index is -0.588. The third-order valence-corrected chi connectivity index (χ3v) is 2.64. The van der Waals surface area contributed by atoms with E-state index in [4.69, 9.17) is 5.73 Å². The molecule has 3 N–H and O–H groups in total. The van der Waals surface area contributed by atoms with E-state index in [-0.39, 0.29) is 5.69 Å². The van der Waals surface area contributed by atoms with Gasteiger partial charge >= 0.3 is 0 Å². The molecule has 0 fully saturated rings. The lowest BCUT2D eigenvalue weighted by Gasteiger charge is -2.09. The van der Waals surface area contributed by atoms with Crippen LogP contribution in [0.15, 0.2) is 36.7 Å². The number of amides is 1. The number of nitrogens with two attached hydrogens (primary N) is 1. The Morgan fingerprint density at radius 2 is 2.00 bits per heavy atom. The number of benzene rings is 1. The molecule has 0 aliphatic heterocycles. The van der Waals surface area contributed by atoms with Crippen molar-refractivity contribution < 1.29 is 4.79 Å². The lowest BCUT2D eigenvalue weighted by molar-refractivity contribution is 0.0996. The quantitative estimate of drug-likeness (QED) is 0.851. The second-order valence-corrected chi connectivity index (χ2v) is 3.90. The zero-order valence-corrected chi connectivity index (χ0v) is 10.1. The summed E-state index contributed by atoms with van der Waals surface area (Å²) in [5.74, 6) is -0.177. The van der Waals surface area contributed by atoms with Crippen LogP contribution in [0.4, 0.5) is 5.82 Å². The Morgan fingerprint density at radius 1 is 1.28 bits per heavy atom. The first-order chi connectivity index (χ1) is 8.68. The molecule has 1 amide bonds. The van der Waals surface area contributed by atoms with Gasteiger partial charge in [-0.25, -0.2) is 9.97 Å². The summed E-state index contributed by atoms with van der Waals surface area (Å²) >= 11 is 0. The van der Waals surface area contributed by atoms with Crippen LogP contribution in [0.25, 0.3) is 0 Å². The summed E-state index contributed by atoms with van der Waals surface area (Å²) in [4.78, 5) is 19.2. The van der Waals surface area contributed by atoms with E-state index in [0.717, 1.165) is 5.56 Å². The zero-order valence-electron chi connectivity index (χ0n) is 10.1. The molecule has 0 radical (unpaired) electrons. The molecule has 0 aliphatic carbocycles. The van der Waals surface area contributed by atoms with E-state index in [9.17, 15) is 4.79 Å². The highest BCUT2D eigenvalue weighted by Crippen LogP contribution is 2.12. The molecular formula is C13H14N4O. The lowest BCUT2D eigenvalue weighted by atomic mass is 10.1. The molecule has 5 nitrogen and oxygen atoms in total. The fraction of sp³-hybridized carbons (Fsp3) is 0.154. The first-order valence-electron chi connectivity index (χ1n) is 5.57. The molecule has 0 aliphatic rings. The summed E-state index contributed by atoms with van der Waals surface area (Å²) in [6.45, 7) is 2.61. The number of aromatic nitrogens is 2. The smallest absolute Gasteiger partial charge is 0.271 e. The molecule has 0 bridgehead atoms. The molecule has 1 aromatic carbocycles. The summed E-state index contributed by atoms with van der Waals surface area (Å²) in [6.07, 6.45) is 2.96. The van der Waals surface area contributed by atoms with E-state index in [0.29, 0.717) is 12.4 Å². The number of primary amides is 1. The Hall–Kier alpha value is -2.43. The Bertz CT molecular complexity index is 568. The van der Waals surface area contributed by atoms with E-state index >= 15 is 0 Å². The van der Waals surface area contributed by atoms with Gasteiger partial charge in [0.05, 0.1) is 0 Å².